The normalized spacial score (nSPS) is 23.6. The van der Waals surface area contributed by atoms with Crippen molar-refractivity contribution in [3.63, 3.8) is 0 Å². The number of aromatic amines is 1. The number of H-pyrrole nitrogens is 1. The van der Waals surface area contributed by atoms with Gasteiger partial charge in [-0.05, 0) is 57.7 Å². The number of amides is 1. The second kappa shape index (κ2) is 15.6. The molecule has 4 heterocycles. The zero-order valence-corrected chi connectivity index (χ0v) is 30.5. The van der Waals surface area contributed by atoms with Crippen molar-refractivity contribution in [3.05, 3.63) is 59.0 Å². The van der Waals surface area contributed by atoms with Crippen molar-refractivity contribution in [3.8, 4) is 0 Å². The van der Waals surface area contributed by atoms with Gasteiger partial charge in [0.25, 0.3) is 0 Å². The maximum Gasteiger partial charge on any atom is 0.219 e. The van der Waals surface area contributed by atoms with E-state index in [1.54, 1.807) is 6.92 Å². The number of piperazine rings is 1. The standard InChI is InChI=1S/C31H42ClN7O.C3H8B.C2H6.CH4/c1-8-20(4)37-17-31(18-37)13-23(14-31)39-21(5)26(27-24-15-33-34-25(24)12-19(3)28(27)32)29(35-39)38-11-10-36(22(6)40)16-30(38,7)9-2;1-3-4-2;1-2;/h8,12,15,23,29,35H,1,4,9-11,13-14,16-18H2,2-3,5-7H3,(H,33,34);3H2,1-2H3;1-2H3;1H4/t29-,30-;;;/m0.../s1. The third-order valence-corrected chi connectivity index (χ3v) is 11.1. The summed E-state index contributed by atoms with van der Waals surface area (Å²) in [6, 6.07) is 2.49. The lowest BCUT2D eigenvalue weighted by molar-refractivity contribution is -0.136. The highest BCUT2D eigenvalue weighted by atomic mass is 35.5. The van der Waals surface area contributed by atoms with Crippen molar-refractivity contribution < 1.29 is 4.79 Å². The minimum atomic E-state index is -0.185. The summed E-state index contributed by atoms with van der Waals surface area (Å²) in [5.74, 6) is 0.141. The predicted octanol–water partition coefficient (Wildman–Crippen LogP) is 7.74. The van der Waals surface area contributed by atoms with Crippen molar-refractivity contribution in [2.24, 2.45) is 5.41 Å². The highest BCUT2D eigenvalue weighted by molar-refractivity contribution is 6.34. The van der Waals surface area contributed by atoms with E-state index in [0.717, 1.165) is 71.6 Å². The Kier molecular flexibility index (Phi) is 12.9. The number of hydrogen-bond acceptors (Lipinski definition) is 6. The number of aromatic nitrogens is 2. The fourth-order valence-electron chi connectivity index (χ4n) is 7.59. The molecule has 1 aromatic carbocycles. The van der Waals surface area contributed by atoms with E-state index in [2.05, 4.69) is 98.4 Å². The molecule has 1 spiro atoms. The van der Waals surface area contributed by atoms with E-state index in [9.17, 15) is 4.79 Å². The summed E-state index contributed by atoms with van der Waals surface area (Å²) in [5.41, 5.74) is 10.7. The van der Waals surface area contributed by atoms with Crippen LogP contribution in [0.4, 0.5) is 0 Å². The van der Waals surface area contributed by atoms with Crippen LogP contribution in [0, 0.1) is 12.3 Å². The molecule has 2 saturated heterocycles. The van der Waals surface area contributed by atoms with Crippen LogP contribution in [0.15, 0.2) is 42.9 Å². The first kappa shape index (κ1) is 38.7. The number of halogens is 1. The van der Waals surface area contributed by atoms with Gasteiger partial charge in [0, 0.05) is 84.6 Å². The minimum absolute atomic E-state index is 0. The molecule has 1 radical (unpaired) electrons. The van der Waals surface area contributed by atoms with E-state index in [4.69, 9.17) is 11.6 Å². The molecule has 6 rings (SSSR count). The molecule has 8 nitrogen and oxygen atoms in total. The second-order valence-electron chi connectivity index (χ2n) is 13.5. The van der Waals surface area contributed by atoms with Crippen LogP contribution in [-0.4, -0.2) is 93.6 Å². The number of carbonyl (C=O) groups excluding carboxylic acids is 1. The largest absolute Gasteiger partial charge is 0.371 e. The number of allylic oxidation sites excluding steroid dienone is 2. The molecule has 1 aliphatic carbocycles. The van der Waals surface area contributed by atoms with Crippen LogP contribution >= 0.6 is 11.6 Å². The number of carbonyl (C=O) groups is 1. The van der Waals surface area contributed by atoms with Crippen LogP contribution < -0.4 is 5.43 Å². The Hall–Kier alpha value is -2.75. The molecule has 47 heavy (non-hydrogen) atoms. The van der Waals surface area contributed by atoms with E-state index in [1.165, 1.54) is 17.6 Å². The molecule has 2 aromatic rings. The Balaban J connectivity index is 0.000000799. The molecule has 2 atom stereocenters. The van der Waals surface area contributed by atoms with Crippen LogP contribution in [0.1, 0.15) is 86.3 Å². The lowest BCUT2D eigenvalue weighted by Crippen LogP contribution is -2.69. The summed E-state index contributed by atoms with van der Waals surface area (Å²) in [4.78, 5) is 19.3. The first-order valence-corrected chi connectivity index (χ1v) is 17.5. The summed E-state index contributed by atoms with van der Waals surface area (Å²) < 4.78 is 0. The summed E-state index contributed by atoms with van der Waals surface area (Å²) in [6.07, 6.45) is 8.10. The van der Waals surface area contributed by atoms with Crippen LogP contribution in [0.3, 0.4) is 0 Å². The van der Waals surface area contributed by atoms with E-state index < -0.39 is 0 Å². The van der Waals surface area contributed by atoms with Gasteiger partial charge in [0.1, 0.15) is 13.4 Å². The fourth-order valence-corrected chi connectivity index (χ4v) is 7.85. The van der Waals surface area contributed by atoms with Gasteiger partial charge >= 0.3 is 0 Å². The van der Waals surface area contributed by atoms with Gasteiger partial charge in [0.2, 0.25) is 5.91 Å². The van der Waals surface area contributed by atoms with Gasteiger partial charge in [0.05, 0.1) is 16.7 Å². The topological polar surface area (TPSA) is 70.7 Å². The molecule has 4 aliphatic rings. The third kappa shape index (κ3) is 7.18. The van der Waals surface area contributed by atoms with Gasteiger partial charge in [-0.2, -0.15) is 5.10 Å². The summed E-state index contributed by atoms with van der Waals surface area (Å²) in [6.45, 7) is 31.0. The number of benzene rings is 1. The van der Waals surface area contributed by atoms with E-state index in [-0.39, 0.29) is 25.0 Å². The Morgan fingerprint density at radius 2 is 1.81 bits per heavy atom. The first-order chi connectivity index (χ1) is 21.9. The number of likely N-dealkylation sites (tertiary alicyclic amines) is 1. The van der Waals surface area contributed by atoms with Crippen LogP contribution in [0.5, 0.6) is 0 Å². The van der Waals surface area contributed by atoms with Gasteiger partial charge in [-0.1, -0.05) is 73.0 Å². The number of nitrogens with zero attached hydrogens (tertiary/aromatic N) is 5. The molecule has 0 bridgehead atoms. The van der Waals surface area contributed by atoms with Crippen molar-refractivity contribution in [1.29, 1.82) is 0 Å². The molecule has 10 heteroatoms. The zero-order valence-electron chi connectivity index (χ0n) is 29.8. The molecule has 1 aromatic heterocycles. The number of nitrogens with one attached hydrogen (secondary N) is 2. The average molecular weight is 665 g/mol. The molecular weight excluding hydrogens is 605 g/mol. The summed E-state index contributed by atoms with van der Waals surface area (Å²) >= 11 is 7.14. The van der Waals surface area contributed by atoms with Gasteiger partial charge in [0.15, 0.2) is 0 Å². The van der Waals surface area contributed by atoms with E-state index in [1.807, 2.05) is 31.0 Å². The molecule has 0 unspecified atom stereocenters. The lowest BCUT2D eigenvalue weighted by Gasteiger charge is -2.62. The quantitative estimate of drug-likeness (QED) is 0.233. The lowest BCUT2D eigenvalue weighted by atomic mass is 9.60. The number of fused-ring (bicyclic) bond motifs is 1. The number of aryl methyl sites for hydroxylation is 1. The number of hydrogen-bond donors (Lipinski definition) is 2. The Morgan fingerprint density at radius 1 is 1.17 bits per heavy atom. The SMILES string of the molecule is C.C=CC(=C)N1CC2(CC(N3N[C@@H](N4CCN(C(C)=O)C[C@]4(C)CC)C(c4c(Cl)c(C)cc5[nH]ncc45)=C3C)C2)C1.CC.C[B]CC. The van der Waals surface area contributed by atoms with Crippen LogP contribution in [0.2, 0.25) is 18.2 Å². The Labute approximate surface area is 290 Å². The van der Waals surface area contributed by atoms with Crippen LogP contribution in [0.25, 0.3) is 16.5 Å². The minimum Gasteiger partial charge on any atom is -0.371 e. The number of hydrazine groups is 1. The molecule has 1 amide bonds. The molecule has 259 valence electrons. The Morgan fingerprint density at radius 3 is 2.36 bits per heavy atom. The molecule has 3 fully saturated rings. The van der Waals surface area contributed by atoms with Crippen molar-refractivity contribution >= 4 is 41.3 Å². The zero-order chi connectivity index (χ0) is 34.0. The molecule has 3 aliphatic heterocycles. The maximum atomic E-state index is 12.4. The van der Waals surface area contributed by atoms with E-state index in [0.29, 0.717) is 24.5 Å². The molecule has 1 saturated carbocycles. The summed E-state index contributed by atoms with van der Waals surface area (Å²) in [5, 5.41) is 11.8. The van der Waals surface area contributed by atoms with Gasteiger partial charge in [-0.15, -0.1) is 0 Å². The van der Waals surface area contributed by atoms with Crippen molar-refractivity contribution in [1.82, 2.24) is 35.3 Å². The third-order valence-electron chi connectivity index (χ3n) is 10.6. The predicted molar refractivity (Wildman–Crippen MR) is 201 cm³/mol. The highest BCUT2D eigenvalue weighted by Gasteiger charge is 2.56. The molecule has 2 N–H and O–H groups in total. The summed E-state index contributed by atoms with van der Waals surface area (Å²) in [7, 11) is 2.12. The fraction of sp³-hybridized carbons (Fsp3) is 0.622. The van der Waals surface area contributed by atoms with Gasteiger partial charge < -0.3 is 14.8 Å². The van der Waals surface area contributed by atoms with E-state index >= 15 is 0 Å². The highest BCUT2D eigenvalue weighted by Crippen LogP contribution is 2.53. The van der Waals surface area contributed by atoms with Crippen LogP contribution in [-0.2, 0) is 4.79 Å². The van der Waals surface area contributed by atoms with Crippen molar-refractivity contribution in [2.45, 2.75) is 113 Å². The maximum absolute atomic E-state index is 12.4. The van der Waals surface area contributed by atoms with Crippen molar-refractivity contribution in [2.75, 3.05) is 32.7 Å². The number of rotatable bonds is 7. The molecular formula is C37H60BClN7O. The smallest absolute Gasteiger partial charge is 0.219 e. The first-order valence-electron chi connectivity index (χ1n) is 17.2. The monoisotopic (exact) mass is 664 g/mol. The van der Waals surface area contributed by atoms with Gasteiger partial charge in [-0.3, -0.25) is 14.8 Å². The second-order valence-corrected chi connectivity index (χ2v) is 13.9. The Bertz CT molecular complexity index is 1450. The van der Waals surface area contributed by atoms with Gasteiger partial charge in [-0.25, -0.2) is 5.43 Å². The average Bonchev–Trinajstić information content (AvgIpc) is 3.61.